The molecule has 0 unspecified atom stereocenters. The van der Waals surface area contributed by atoms with Gasteiger partial charge in [-0.3, -0.25) is 4.79 Å². The van der Waals surface area contributed by atoms with E-state index >= 15 is 0 Å². The molecule has 8 heteroatoms. The number of aryl methyl sites for hydroxylation is 1. The lowest BCUT2D eigenvalue weighted by atomic mass is 9.97. The van der Waals surface area contributed by atoms with Crippen LogP contribution in [0.15, 0.2) is 23.2 Å². The van der Waals surface area contributed by atoms with Gasteiger partial charge in [-0.05, 0) is 44.0 Å². The van der Waals surface area contributed by atoms with E-state index in [1.54, 1.807) is 13.8 Å². The van der Waals surface area contributed by atoms with Gasteiger partial charge in [0.1, 0.15) is 5.56 Å². The zero-order valence-electron chi connectivity index (χ0n) is 14.7. The lowest BCUT2D eigenvalue weighted by Gasteiger charge is -2.15. The van der Waals surface area contributed by atoms with Crippen molar-refractivity contribution in [2.75, 3.05) is 12.9 Å². The smallest absolute Gasteiger partial charge is 0.220 e. The van der Waals surface area contributed by atoms with Crippen LogP contribution in [0.5, 0.6) is 5.88 Å². The largest absolute Gasteiger partial charge is 0.493 e. The van der Waals surface area contributed by atoms with Crippen molar-refractivity contribution in [1.82, 2.24) is 9.78 Å². The van der Waals surface area contributed by atoms with E-state index in [1.165, 1.54) is 23.0 Å². The maximum absolute atomic E-state index is 12.8. The van der Waals surface area contributed by atoms with Crippen LogP contribution in [0.4, 0.5) is 0 Å². The molecule has 1 aromatic heterocycles. The van der Waals surface area contributed by atoms with Gasteiger partial charge in [-0.15, -0.1) is 0 Å². The molecule has 0 radical (unpaired) electrons. The normalized spacial score (nSPS) is 11.7. The minimum atomic E-state index is -3.46. The maximum atomic E-state index is 12.8. The Morgan fingerprint density at radius 3 is 2.48 bits per heavy atom. The van der Waals surface area contributed by atoms with Crippen molar-refractivity contribution in [3.63, 3.8) is 0 Å². The highest BCUT2D eigenvalue weighted by atomic mass is 32.2. The van der Waals surface area contributed by atoms with E-state index in [0.29, 0.717) is 29.8 Å². The summed E-state index contributed by atoms with van der Waals surface area (Å²) in [6.07, 6.45) is 2.43. The first kappa shape index (κ1) is 19.1. The molecule has 0 atom stereocenters. The Labute approximate surface area is 147 Å². The van der Waals surface area contributed by atoms with Crippen molar-refractivity contribution in [2.24, 2.45) is 0 Å². The predicted octanol–water partition coefficient (Wildman–Crippen LogP) is 2.09. The van der Waals surface area contributed by atoms with Crippen LogP contribution in [-0.4, -0.2) is 42.0 Å². The monoisotopic (exact) mass is 366 g/mol. The second kappa shape index (κ2) is 7.37. The Balaban J connectivity index is 2.58. The number of nitrogens with zero attached hydrogens (tertiary/aromatic N) is 2. The van der Waals surface area contributed by atoms with Crippen molar-refractivity contribution in [1.29, 1.82) is 0 Å². The summed E-state index contributed by atoms with van der Waals surface area (Å²) in [5.74, 6) is -0.613. The first-order valence-electron chi connectivity index (χ1n) is 7.92. The second-order valence-corrected chi connectivity index (χ2v) is 7.64. The van der Waals surface area contributed by atoms with Crippen LogP contribution < -0.4 is 0 Å². The standard InChI is InChI=1S/C17H22N2O5S/c1-5-19-17(21)13(9-18-19)16(20)12-7-8-15(25(4,22)23)14(11(12)3)10-24-6-2/h7-9,21H,5-6,10H2,1-4H3. The minimum Gasteiger partial charge on any atom is -0.493 e. The molecule has 2 aromatic rings. The number of hydrogen-bond donors (Lipinski definition) is 1. The van der Waals surface area contributed by atoms with E-state index < -0.39 is 15.6 Å². The molecule has 1 heterocycles. The van der Waals surface area contributed by atoms with Crippen LogP contribution in [0.2, 0.25) is 0 Å². The third-order valence-corrected chi connectivity index (χ3v) is 5.19. The summed E-state index contributed by atoms with van der Waals surface area (Å²) in [6, 6.07) is 2.87. The molecule has 7 nitrogen and oxygen atoms in total. The molecular weight excluding hydrogens is 344 g/mol. The van der Waals surface area contributed by atoms with Crippen molar-refractivity contribution in [2.45, 2.75) is 38.8 Å². The summed E-state index contributed by atoms with van der Waals surface area (Å²) < 4.78 is 30.7. The highest BCUT2D eigenvalue weighted by molar-refractivity contribution is 7.90. The van der Waals surface area contributed by atoms with E-state index in [1.807, 2.05) is 6.92 Å². The first-order valence-corrected chi connectivity index (χ1v) is 9.81. The third kappa shape index (κ3) is 3.74. The lowest BCUT2D eigenvalue weighted by Crippen LogP contribution is -2.11. The summed E-state index contributed by atoms with van der Waals surface area (Å²) in [7, 11) is -3.46. The van der Waals surface area contributed by atoms with Crippen molar-refractivity contribution in [3.8, 4) is 5.88 Å². The fourth-order valence-electron chi connectivity index (χ4n) is 2.62. The number of carbonyl (C=O) groups is 1. The Hall–Kier alpha value is -2.19. The van der Waals surface area contributed by atoms with Crippen LogP contribution in [0.3, 0.4) is 0 Å². The van der Waals surface area contributed by atoms with Gasteiger partial charge in [0.2, 0.25) is 5.88 Å². The highest BCUT2D eigenvalue weighted by Gasteiger charge is 2.24. The molecule has 0 fully saturated rings. The minimum absolute atomic E-state index is 0.0828. The maximum Gasteiger partial charge on any atom is 0.220 e. The van der Waals surface area contributed by atoms with Gasteiger partial charge in [0.15, 0.2) is 15.6 Å². The van der Waals surface area contributed by atoms with E-state index in [-0.39, 0.29) is 22.9 Å². The number of hydrogen-bond acceptors (Lipinski definition) is 6. The summed E-state index contributed by atoms with van der Waals surface area (Å²) in [4.78, 5) is 12.9. The summed E-state index contributed by atoms with van der Waals surface area (Å²) in [5, 5.41) is 14.1. The summed E-state index contributed by atoms with van der Waals surface area (Å²) in [5.41, 5.74) is 1.37. The van der Waals surface area contributed by atoms with Gasteiger partial charge >= 0.3 is 0 Å². The Morgan fingerprint density at radius 1 is 1.28 bits per heavy atom. The van der Waals surface area contributed by atoms with Gasteiger partial charge < -0.3 is 9.84 Å². The first-order chi connectivity index (χ1) is 11.7. The molecule has 0 amide bonds. The van der Waals surface area contributed by atoms with Gasteiger partial charge in [-0.25, -0.2) is 13.1 Å². The number of carbonyl (C=O) groups excluding carboxylic acids is 1. The lowest BCUT2D eigenvalue weighted by molar-refractivity contribution is 0.103. The molecule has 2 rings (SSSR count). The summed E-state index contributed by atoms with van der Waals surface area (Å²) >= 11 is 0. The number of ether oxygens (including phenoxy) is 1. The molecule has 0 aliphatic rings. The number of benzene rings is 1. The molecule has 1 aromatic carbocycles. The van der Waals surface area contributed by atoms with Crippen LogP contribution in [0.25, 0.3) is 0 Å². The molecule has 0 saturated carbocycles. The van der Waals surface area contributed by atoms with Crippen LogP contribution >= 0.6 is 0 Å². The van der Waals surface area contributed by atoms with Crippen molar-refractivity contribution < 1.29 is 23.1 Å². The fraction of sp³-hybridized carbons (Fsp3) is 0.412. The molecule has 0 aliphatic heterocycles. The van der Waals surface area contributed by atoms with E-state index in [2.05, 4.69) is 5.10 Å². The number of ketones is 1. The van der Waals surface area contributed by atoms with E-state index in [9.17, 15) is 18.3 Å². The van der Waals surface area contributed by atoms with Crippen molar-refractivity contribution in [3.05, 3.63) is 40.6 Å². The number of aromatic nitrogens is 2. The van der Waals surface area contributed by atoms with E-state index in [0.717, 1.165) is 6.26 Å². The Kier molecular flexibility index (Phi) is 5.64. The van der Waals surface area contributed by atoms with Gasteiger partial charge in [-0.2, -0.15) is 5.10 Å². The highest BCUT2D eigenvalue weighted by Crippen LogP contribution is 2.28. The topological polar surface area (TPSA) is 98.5 Å². The Morgan fingerprint density at radius 2 is 1.96 bits per heavy atom. The summed E-state index contributed by atoms with van der Waals surface area (Å²) in [6.45, 7) is 6.23. The van der Waals surface area contributed by atoms with Crippen molar-refractivity contribution >= 4 is 15.6 Å². The van der Waals surface area contributed by atoms with Gasteiger partial charge in [0.25, 0.3) is 0 Å². The molecule has 0 aliphatic carbocycles. The number of aromatic hydroxyl groups is 1. The van der Waals surface area contributed by atoms with Crippen LogP contribution in [0, 0.1) is 6.92 Å². The number of rotatable bonds is 7. The SMILES string of the molecule is CCOCc1c(S(C)(=O)=O)ccc(C(=O)c2cnn(CC)c2O)c1C. The van der Waals surface area contributed by atoms with Gasteiger partial charge in [0, 0.05) is 25.0 Å². The predicted molar refractivity (Wildman–Crippen MR) is 92.6 cm³/mol. The third-order valence-electron chi connectivity index (χ3n) is 4.01. The average molecular weight is 366 g/mol. The molecule has 0 bridgehead atoms. The molecule has 0 saturated heterocycles. The quantitative estimate of drug-likeness (QED) is 0.754. The second-order valence-electron chi connectivity index (χ2n) is 5.65. The van der Waals surface area contributed by atoms with E-state index in [4.69, 9.17) is 4.74 Å². The molecule has 1 N–H and O–H groups in total. The molecule has 136 valence electrons. The zero-order valence-corrected chi connectivity index (χ0v) is 15.6. The fourth-order valence-corrected chi connectivity index (χ4v) is 3.60. The molecular formula is C17H22N2O5S. The van der Waals surface area contributed by atoms with Crippen LogP contribution in [-0.2, 0) is 27.7 Å². The van der Waals surface area contributed by atoms with Gasteiger partial charge in [-0.1, -0.05) is 0 Å². The zero-order chi connectivity index (χ0) is 18.8. The van der Waals surface area contributed by atoms with Crippen LogP contribution in [0.1, 0.15) is 40.9 Å². The van der Waals surface area contributed by atoms with Gasteiger partial charge in [0.05, 0.1) is 17.7 Å². The molecule has 0 spiro atoms. The number of sulfone groups is 1. The Bertz CT molecular complexity index is 900. The molecule has 25 heavy (non-hydrogen) atoms. The average Bonchev–Trinajstić information content (AvgIpc) is 2.92.